The second kappa shape index (κ2) is 6.11. The zero-order chi connectivity index (χ0) is 17.4. The molecule has 0 radical (unpaired) electrons. The van der Waals surface area contributed by atoms with Crippen molar-refractivity contribution in [3.63, 3.8) is 0 Å². The highest BCUT2D eigenvalue weighted by Crippen LogP contribution is 2.38. The van der Waals surface area contributed by atoms with Gasteiger partial charge in [0, 0.05) is 19.6 Å². The van der Waals surface area contributed by atoms with Crippen molar-refractivity contribution in [2.75, 3.05) is 13.1 Å². The van der Waals surface area contributed by atoms with Crippen LogP contribution in [0.5, 0.6) is 0 Å². The summed E-state index contributed by atoms with van der Waals surface area (Å²) in [6.45, 7) is 7.31. The number of amides is 2. The van der Waals surface area contributed by atoms with Crippen molar-refractivity contribution in [3.05, 3.63) is 35.4 Å². The van der Waals surface area contributed by atoms with Crippen molar-refractivity contribution in [1.29, 1.82) is 0 Å². The van der Waals surface area contributed by atoms with Crippen LogP contribution in [0.4, 0.5) is 4.79 Å². The predicted octanol–water partition coefficient (Wildman–Crippen LogP) is 2.88. The van der Waals surface area contributed by atoms with Gasteiger partial charge in [-0.3, -0.25) is 4.79 Å². The minimum atomic E-state index is -0.495. The molecular weight excluding hydrogens is 304 g/mol. The number of ether oxygens (including phenoxy) is 1. The number of hydrogen-bond donors (Lipinski definition) is 1. The van der Waals surface area contributed by atoms with Crippen LogP contribution in [0.3, 0.4) is 0 Å². The molecule has 1 aromatic carbocycles. The van der Waals surface area contributed by atoms with Crippen molar-refractivity contribution >= 4 is 12.0 Å². The number of piperidine rings is 1. The predicted molar refractivity (Wildman–Crippen MR) is 91.5 cm³/mol. The molecule has 24 heavy (non-hydrogen) atoms. The molecule has 2 amide bonds. The van der Waals surface area contributed by atoms with Crippen LogP contribution in [0.25, 0.3) is 0 Å². The fourth-order valence-corrected chi connectivity index (χ4v) is 3.56. The molecule has 1 aromatic rings. The minimum absolute atomic E-state index is 0.113. The Balaban J connectivity index is 1.72. The van der Waals surface area contributed by atoms with E-state index in [2.05, 4.69) is 17.4 Å². The summed E-state index contributed by atoms with van der Waals surface area (Å²) in [6, 6.07) is 8.22. The zero-order valence-electron chi connectivity index (χ0n) is 14.7. The Hall–Kier alpha value is -2.04. The van der Waals surface area contributed by atoms with E-state index in [0.29, 0.717) is 32.5 Å². The van der Waals surface area contributed by atoms with Gasteiger partial charge in [-0.25, -0.2) is 4.79 Å². The smallest absolute Gasteiger partial charge is 0.410 e. The van der Waals surface area contributed by atoms with E-state index in [1.54, 1.807) is 4.90 Å². The second-order valence-electron chi connectivity index (χ2n) is 7.88. The summed E-state index contributed by atoms with van der Waals surface area (Å²) in [5.41, 5.74) is 1.52. The van der Waals surface area contributed by atoms with Gasteiger partial charge in [0.1, 0.15) is 5.60 Å². The van der Waals surface area contributed by atoms with Gasteiger partial charge in [0.05, 0.1) is 5.41 Å². The first kappa shape index (κ1) is 16.8. The van der Waals surface area contributed by atoms with Crippen LogP contribution < -0.4 is 5.32 Å². The Morgan fingerprint density at radius 2 is 1.79 bits per heavy atom. The van der Waals surface area contributed by atoms with E-state index in [-0.39, 0.29) is 12.0 Å². The molecule has 0 saturated carbocycles. The minimum Gasteiger partial charge on any atom is -0.444 e. The lowest BCUT2D eigenvalue weighted by molar-refractivity contribution is -0.133. The number of carbonyl (C=O) groups excluding carboxylic acids is 2. The Bertz CT molecular complexity index is 640. The molecule has 2 aliphatic rings. The molecule has 0 aromatic heterocycles. The lowest BCUT2D eigenvalue weighted by Gasteiger charge is -2.40. The van der Waals surface area contributed by atoms with E-state index in [9.17, 15) is 9.59 Å². The molecule has 2 heterocycles. The second-order valence-corrected chi connectivity index (χ2v) is 7.88. The van der Waals surface area contributed by atoms with Crippen LogP contribution >= 0.6 is 0 Å². The van der Waals surface area contributed by atoms with Crippen LogP contribution in [0.1, 0.15) is 44.7 Å². The maximum absolute atomic E-state index is 12.7. The van der Waals surface area contributed by atoms with Crippen molar-refractivity contribution in [2.45, 2.75) is 52.2 Å². The number of nitrogens with one attached hydrogen (secondary N) is 1. The fourth-order valence-electron chi connectivity index (χ4n) is 3.56. The van der Waals surface area contributed by atoms with Crippen LogP contribution in [0, 0.1) is 5.41 Å². The lowest BCUT2D eigenvalue weighted by atomic mass is 9.73. The largest absolute Gasteiger partial charge is 0.444 e. The number of nitrogens with zero attached hydrogens (tertiary/aromatic N) is 1. The first-order valence-electron chi connectivity index (χ1n) is 8.62. The molecular formula is C19H26N2O3. The van der Waals surface area contributed by atoms with Gasteiger partial charge in [-0.1, -0.05) is 24.3 Å². The fraction of sp³-hybridized carbons (Fsp3) is 0.579. The van der Waals surface area contributed by atoms with Crippen LogP contribution in [-0.4, -0.2) is 35.6 Å². The molecule has 1 N–H and O–H groups in total. The molecule has 1 saturated heterocycles. The van der Waals surface area contributed by atoms with E-state index < -0.39 is 11.0 Å². The average Bonchev–Trinajstić information content (AvgIpc) is 2.65. The van der Waals surface area contributed by atoms with Crippen LogP contribution in [-0.2, 0) is 22.5 Å². The van der Waals surface area contributed by atoms with Crippen LogP contribution in [0.15, 0.2) is 24.3 Å². The molecule has 0 unspecified atom stereocenters. The molecule has 0 aliphatic carbocycles. The van der Waals surface area contributed by atoms with Gasteiger partial charge in [-0.05, 0) is 51.2 Å². The SMILES string of the molecule is CC(C)(C)OC(=O)N1CCC2(CC1)Cc1ccccc1CNC2=O. The van der Waals surface area contributed by atoms with Gasteiger partial charge in [-0.2, -0.15) is 0 Å². The Kier molecular flexibility index (Phi) is 4.28. The molecule has 3 rings (SSSR count). The van der Waals surface area contributed by atoms with E-state index in [1.807, 2.05) is 32.9 Å². The molecule has 5 nitrogen and oxygen atoms in total. The van der Waals surface area contributed by atoms with Crippen molar-refractivity contribution in [1.82, 2.24) is 10.2 Å². The third-order valence-corrected chi connectivity index (χ3v) is 4.94. The normalized spacial score (nSPS) is 20.1. The molecule has 0 atom stereocenters. The first-order valence-corrected chi connectivity index (χ1v) is 8.62. The van der Waals surface area contributed by atoms with E-state index in [1.165, 1.54) is 11.1 Å². The maximum atomic E-state index is 12.7. The van der Waals surface area contributed by atoms with E-state index in [0.717, 1.165) is 6.42 Å². The molecule has 1 spiro atoms. The monoisotopic (exact) mass is 330 g/mol. The topological polar surface area (TPSA) is 58.6 Å². The number of hydrogen-bond acceptors (Lipinski definition) is 3. The number of carbonyl (C=O) groups is 2. The third-order valence-electron chi connectivity index (χ3n) is 4.94. The number of likely N-dealkylation sites (tertiary alicyclic amines) is 1. The quantitative estimate of drug-likeness (QED) is 0.796. The number of benzene rings is 1. The van der Waals surface area contributed by atoms with Crippen LogP contribution in [0.2, 0.25) is 0 Å². The number of rotatable bonds is 0. The van der Waals surface area contributed by atoms with Gasteiger partial charge < -0.3 is 15.0 Å². The Labute approximate surface area is 143 Å². The highest BCUT2D eigenvalue weighted by Gasteiger charge is 2.44. The Morgan fingerprint density at radius 3 is 2.42 bits per heavy atom. The molecule has 0 bridgehead atoms. The van der Waals surface area contributed by atoms with Gasteiger partial charge in [0.2, 0.25) is 5.91 Å². The summed E-state index contributed by atoms with van der Waals surface area (Å²) < 4.78 is 5.45. The molecule has 130 valence electrons. The van der Waals surface area contributed by atoms with E-state index in [4.69, 9.17) is 4.74 Å². The summed E-state index contributed by atoms with van der Waals surface area (Å²) >= 11 is 0. The average molecular weight is 330 g/mol. The number of fused-ring (bicyclic) bond motifs is 1. The van der Waals surface area contributed by atoms with Crippen molar-refractivity contribution in [3.8, 4) is 0 Å². The van der Waals surface area contributed by atoms with Gasteiger partial charge in [0.15, 0.2) is 0 Å². The van der Waals surface area contributed by atoms with Gasteiger partial charge in [-0.15, -0.1) is 0 Å². The van der Waals surface area contributed by atoms with Gasteiger partial charge >= 0.3 is 6.09 Å². The molecule has 2 aliphatic heterocycles. The molecule has 5 heteroatoms. The highest BCUT2D eigenvalue weighted by molar-refractivity contribution is 5.84. The lowest BCUT2D eigenvalue weighted by Crippen LogP contribution is -2.51. The highest BCUT2D eigenvalue weighted by atomic mass is 16.6. The summed E-state index contributed by atoms with van der Waals surface area (Å²) in [5, 5.41) is 3.07. The third kappa shape index (κ3) is 3.40. The maximum Gasteiger partial charge on any atom is 0.410 e. The summed E-state index contributed by atoms with van der Waals surface area (Å²) in [6.07, 6.45) is 1.81. The summed E-state index contributed by atoms with van der Waals surface area (Å²) in [5.74, 6) is 0.113. The molecule has 1 fully saturated rings. The van der Waals surface area contributed by atoms with Gasteiger partial charge in [0.25, 0.3) is 0 Å². The standard InChI is InChI=1S/C19H26N2O3/c1-18(2,3)24-17(23)21-10-8-19(9-11-21)12-14-6-4-5-7-15(14)13-20-16(19)22/h4-7H,8-13H2,1-3H3,(H,20,22). The van der Waals surface area contributed by atoms with Crippen molar-refractivity contribution < 1.29 is 14.3 Å². The summed E-state index contributed by atoms with van der Waals surface area (Å²) in [4.78, 5) is 26.7. The Morgan fingerprint density at radius 1 is 1.17 bits per heavy atom. The first-order chi connectivity index (χ1) is 11.3. The van der Waals surface area contributed by atoms with Crippen molar-refractivity contribution in [2.24, 2.45) is 5.41 Å². The zero-order valence-corrected chi connectivity index (χ0v) is 14.7. The summed E-state index contributed by atoms with van der Waals surface area (Å²) in [7, 11) is 0. The van der Waals surface area contributed by atoms with E-state index >= 15 is 0 Å².